The van der Waals surface area contributed by atoms with Crippen molar-refractivity contribution in [1.29, 1.82) is 0 Å². The average Bonchev–Trinajstić information content (AvgIpc) is 2.54. The third-order valence-corrected chi connectivity index (χ3v) is 1.96. The van der Waals surface area contributed by atoms with Crippen molar-refractivity contribution in [3.05, 3.63) is 36.3 Å². The van der Waals surface area contributed by atoms with Gasteiger partial charge in [-0.15, -0.1) is 0 Å². The fourth-order valence-electron chi connectivity index (χ4n) is 1.13. The molecule has 0 saturated heterocycles. The monoisotopic (exact) mass is 178 g/mol. The molecule has 0 atom stereocenters. The summed E-state index contributed by atoms with van der Waals surface area (Å²) >= 11 is 5.73. The maximum Gasteiger partial charge on any atom is 0.110 e. The Kier molecular flexibility index (Phi) is 1.92. The first-order chi connectivity index (χ1) is 5.86. The molecule has 1 aliphatic heterocycles. The van der Waals surface area contributed by atoms with Gasteiger partial charge in [-0.05, 0) is 17.2 Å². The van der Waals surface area contributed by atoms with Gasteiger partial charge < -0.3 is 0 Å². The number of aromatic nitrogens is 1. The molecule has 0 saturated carbocycles. The van der Waals surface area contributed by atoms with Crippen molar-refractivity contribution in [2.24, 2.45) is 4.99 Å². The number of allylic oxidation sites excluding steroid dienone is 1. The van der Waals surface area contributed by atoms with E-state index in [-0.39, 0.29) is 0 Å². The topological polar surface area (TPSA) is 25.2 Å². The van der Waals surface area contributed by atoms with Crippen LogP contribution in [0.4, 0.5) is 0 Å². The maximum atomic E-state index is 5.73. The van der Waals surface area contributed by atoms with Gasteiger partial charge in [0.25, 0.3) is 0 Å². The first-order valence-corrected chi connectivity index (χ1v) is 4.05. The lowest BCUT2D eigenvalue weighted by Gasteiger charge is -1.98. The van der Waals surface area contributed by atoms with Crippen molar-refractivity contribution in [2.75, 3.05) is 0 Å². The summed E-state index contributed by atoms with van der Waals surface area (Å²) in [5, 5.41) is 0.647. The number of hydrogen-bond acceptors (Lipinski definition) is 2. The average molecular weight is 179 g/mol. The first-order valence-electron chi connectivity index (χ1n) is 3.68. The number of halogens is 1. The maximum absolute atomic E-state index is 5.73. The van der Waals surface area contributed by atoms with Crippen LogP contribution in [0.2, 0.25) is 0 Å². The van der Waals surface area contributed by atoms with Crippen LogP contribution >= 0.6 is 11.6 Å². The van der Waals surface area contributed by atoms with E-state index in [0.29, 0.717) is 5.17 Å². The van der Waals surface area contributed by atoms with E-state index < -0.39 is 0 Å². The fraction of sp³-hybridized carbons (Fsp3) is 0.111. The molecular weight excluding hydrogens is 172 g/mol. The second-order valence-electron chi connectivity index (χ2n) is 2.58. The molecule has 3 heteroatoms. The molecule has 12 heavy (non-hydrogen) atoms. The van der Waals surface area contributed by atoms with Gasteiger partial charge in [-0.2, -0.15) is 0 Å². The molecule has 0 fully saturated rings. The largest absolute Gasteiger partial charge is 0.264 e. The molecule has 0 amide bonds. The Morgan fingerprint density at radius 1 is 1.42 bits per heavy atom. The Balaban J connectivity index is 2.25. The molecule has 0 aromatic carbocycles. The molecule has 1 aliphatic rings. The van der Waals surface area contributed by atoms with Crippen LogP contribution in [0.1, 0.15) is 12.0 Å². The predicted molar refractivity (Wildman–Crippen MR) is 50.1 cm³/mol. The van der Waals surface area contributed by atoms with Gasteiger partial charge >= 0.3 is 0 Å². The molecule has 1 aromatic heterocycles. The molecule has 60 valence electrons. The van der Waals surface area contributed by atoms with Crippen LogP contribution in [0.5, 0.6) is 0 Å². The second-order valence-corrected chi connectivity index (χ2v) is 3.01. The lowest BCUT2D eigenvalue weighted by Crippen LogP contribution is -1.85. The number of aliphatic imine (C=N–C) groups is 1. The van der Waals surface area contributed by atoms with Crippen LogP contribution in [0.25, 0.3) is 5.57 Å². The van der Waals surface area contributed by atoms with Crippen molar-refractivity contribution in [2.45, 2.75) is 6.42 Å². The van der Waals surface area contributed by atoms with Gasteiger partial charge in [-0.25, -0.2) is 4.99 Å². The van der Waals surface area contributed by atoms with Crippen LogP contribution in [0.15, 0.2) is 35.7 Å². The van der Waals surface area contributed by atoms with E-state index in [4.69, 9.17) is 11.6 Å². The van der Waals surface area contributed by atoms with E-state index in [0.717, 1.165) is 17.6 Å². The Bertz CT molecular complexity index is 341. The molecule has 0 unspecified atom stereocenters. The minimum Gasteiger partial charge on any atom is -0.264 e. The quantitative estimate of drug-likeness (QED) is 0.649. The van der Waals surface area contributed by atoms with Crippen molar-refractivity contribution >= 4 is 22.3 Å². The molecule has 0 N–H and O–H groups in total. The Morgan fingerprint density at radius 3 is 2.92 bits per heavy atom. The van der Waals surface area contributed by atoms with Gasteiger partial charge in [0, 0.05) is 25.0 Å². The van der Waals surface area contributed by atoms with Crippen LogP contribution in [-0.2, 0) is 0 Å². The van der Waals surface area contributed by atoms with Gasteiger partial charge in [0.1, 0.15) is 5.17 Å². The standard InChI is InChI=1S/C9H7ClN2/c10-9-4-8(6-12-9)7-2-1-3-11-5-7/h1-3,5-6H,4H2. The Morgan fingerprint density at radius 2 is 2.33 bits per heavy atom. The van der Waals surface area contributed by atoms with E-state index in [2.05, 4.69) is 9.98 Å². The van der Waals surface area contributed by atoms with Crippen LogP contribution in [-0.4, -0.2) is 10.2 Å². The SMILES string of the molecule is ClC1=NC=C(c2cccnc2)C1. The number of hydrogen-bond donors (Lipinski definition) is 0. The van der Waals surface area contributed by atoms with Crippen LogP contribution in [0, 0.1) is 0 Å². The molecule has 0 spiro atoms. The summed E-state index contributed by atoms with van der Waals surface area (Å²) in [6.45, 7) is 0. The van der Waals surface area contributed by atoms with E-state index in [1.165, 1.54) is 0 Å². The minimum absolute atomic E-state index is 0.647. The van der Waals surface area contributed by atoms with E-state index in [9.17, 15) is 0 Å². The van der Waals surface area contributed by atoms with E-state index in [1.54, 1.807) is 12.4 Å². The van der Waals surface area contributed by atoms with Gasteiger partial charge in [0.05, 0.1) is 0 Å². The van der Waals surface area contributed by atoms with Gasteiger partial charge in [-0.1, -0.05) is 17.7 Å². The third-order valence-electron chi connectivity index (χ3n) is 1.73. The Hall–Kier alpha value is -1.15. The van der Waals surface area contributed by atoms with Crippen molar-refractivity contribution in [1.82, 2.24) is 4.98 Å². The molecular formula is C9H7ClN2. The molecule has 2 rings (SSSR count). The summed E-state index contributed by atoms with van der Waals surface area (Å²) in [5.41, 5.74) is 2.23. The van der Waals surface area contributed by atoms with Gasteiger partial charge in [0.15, 0.2) is 0 Å². The molecule has 0 bridgehead atoms. The zero-order valence-corrected chi connectivity index (χ0v) is 7.12. The minimum atomic E-state index is 0.647. The number of rotatable bonds is 1. The van der Waals surface area contributed by atoms with Crippen molar-refractivity contribution in [3.63, 3.8) is 0 Å². The Labute approximate surface area is 75.6 Å². The van der Waals surface area contributed by atoms with Crippen LogP contribution < -0.4 is 0 Å². The van der Waals surface area contributed by atoms with Crippen LogP contribution in [0.3, 0.4) is 0 Å². The molecule has 2 nitrogen and oxygen atoms in total. The highest BCUT2D eigenvalue weighted by molar-refractivity contribution is 6.66. The van der Waals surface area contributed by atoms with Crippen molar-refractivity contribution < 1.29 is 0 Å². The predicted octanol–water partition coefficient (Wildman–Crippen LogP) is 2.46. The number of nitrogens with zero attached hydrogens (tertiary/aromatic N) is 2. The smallest absolute Gasteiger partial charge is 0.110 e. The van der Waals surface area contributed by atoms with E-state index >= 15 is 0 Å². The number of pyridine rings is 1. The lowest BCUT2D eigenvalue weighted by atomic mass is 10.1. The third kappa shape index (κ3) is 1.38. The molecule has 2 heterocycles. The summed E-state index contributed by atoms with van der Waals surface area (Å²) in [6, 6.07) is 3.91. The van der Waals surface area contributed by atoms with Gasteiger partial charge in [0.2, 0.25) is 0 Å². The lowest BCUT2D eigenvalue weighted by molar-refractivity contribution is 1.30. The highest BCUT2D eigenvalue weighted by Crippen LogP contribution is 2.23. The van der Waals surface area contributed by atoms with E-state index in [1.807, 2.05) is 18.3 Å². The highest BCUT2D eigenvalue weighted by Gasteiger charge is 2.09. The second kappa shape index (κ2) is 3.07. The summed E-state index contributed by atoms with van der Waals surface area (Å²) in [5.74, 6) is 0. The summed E-state index contributed by atoms with van der Waals surface area (Å²) in [6.07, 6.45) is 6.09. The molecule has 0 aliphatic carbocycles. The zero-order chi connectivity index (χ0) is 8.39. The van der Waals surface area contributed by atoms with Crippen molar-refractivity contribution in [3.8, 4) is 0 Å². The summed E-state index contributed by atoms with van der Waals surface area (Å²) < 4.78 is 0. The molecule has 0 radical (unpaired) electrons. The fourth-order valence-corrected chi connectivity index (χ4v) is 1.32. The summed E-state index contributed by atoms with van der Waals surface area (Å²) in [7, 11) is 0. The highest BCUT2D eigenvalue weighted by atomic mass is 35.5. The molecule has 1 aromatic rings. The first kappa shape index (κ1) is 7.50. The zero-order valence-electron chi connectivity index (χ0n) is 6.37. The van der Waals surface area contributed by atoms with Gasteiger partial charge in [-0.3, -0.25) is 4.98 Å². The summed E-state index contributed by atoms with van der Waals surface area (Å²) in [4.78, 5) is 8.01. The normalized spacial score (nSPS) is 15.8.